The zero-order chi connectivity index (χ0) is 14.5. The molecule has 2 aromatic heterocycles. The zero-order valence-corrected chi connectivity index (χ0v) is 10.9. The minimum atomic E-state index is -0.627. The highest BCUT2D eigenvalue weighted by Gasteiger charge is 2.15. The molecular formula is C12H15N5O3. The van der Waals surface area contributed by atoms with Gasteiger partial charge < -0.3 is 15.3 Å². The molecule has 0 saturated heterocycles. The van der Waals surface area contributed by atoms with Crippen molar-refractivity contribution in [2.45, 2.75) is 25.8 Å². The van der Waals surface area contributed by atoms with Crippen molar-refractivity contribution < 1.29 is 4.79 Å². The highest BCUT2D eigenvalue weighted by Crippen LogP contribution is 2.11. The molecule has 0 spiro atoms. The minimum Gasteiger partial charge on any atom is -0.347 e. The van der Waals surface area contributed by atoms with Crippen molar-refractivity contribution in [1.82, 2.24) is 25.3 Å². The lowest BCUT2D eigenvalue weighted by Gasteiger charge is -2.14. The summed E-state index contributed by atoms with van der Waals surface area (Å²) in [5.41, 5.74) is -0.890. The van der Waals surface area contributed by atoms with Gasteiger partial charge in [-0.25, -0.2) is 9.78 Å². The number of nitrogens with one attached hydrogen (secondary N) is 4. The van der Waals surface area contributed by atoms with Gasteiger partial charge in [0, 0.05) is 24.2 Å². The number of imidazole rings is 1. The van der Waals surface area contributed by atoms with Crippen molar-refractivity contribution in [3.05, 3.63) is 50.8 Å². The molecule has 1 atom stereocenters. The average molecular weight is 277 g/mol. The van der Waals surface area contributed by atoms with Gasteiger partial charge in [-0.05, 0) is 6.42 Å². The first-order valence-electron chi connectivity index (χ1n) is 6.19. The molecule has 2 heterocycles. The fourth-order valence-corrected chi connectivity index (χ4v) is 1.86. The fourth-order valence-electron chi connectivity index (χ4n) is 1.86. The molecule has 0 radical (unpaired) electrons. The van der Waals surface area contributed by atoms with E-state index >= 15 is 0 Å². The van der Waals surface area contributed by atoms with Crippen molar-refractivity contribution in [2.75, 3.05) is 0 Å². The van der Waals surface area contributed by atoms with Gasteiger partial charge in [0.25, 0.3) is 5.56 Å². The number of aromatic nitrogens is 4. The van der Waals surface area contributed by atoms with Crippen LogP contribution in [0.5, 0.6) is 0 Å². The molecule has 0 aliphatic rings. The first-order valence-corrected chi connectivity index (χ1v) is 6.19. The van der Waals surface area contributed by atoms with Crippen LogP contribution in [0.1, 0.15) is 30.9 Å². The van der Waals surface area contributed by atoms with E-state index in [1.54, 1.807) is 12.4 Å². The van der Waals surface area contributed by atoms with Crippen molar-refractivity contribution in [3.63, 3.8) is 0 Å². The Morgan fingerprint density at radius 3 is 2.80 bits per heavy atom. The Bertz CT molecular complexity index is 657. The minimum absolute atomic E-state index is 0.0730. The Balaban J connectivity index is 2.05. The third kappa shape index (κ3) is 3.44. The lowest BCUT2D eigenvalue weighted by Crippen LogP contribution is -2.32. The highest BCUT2D eigenvalue weighted by molar-refractivity contribution is 5.78. The van der Waals surface area contributed by atoms with E-state index in [2.05, 4.69) is 20.3 Å². The summed E-state index contributed by atoms with van der Waals surface area (Å²) in [6.07, 6.45) is 3.89. The molecule has 0 aliphatic heterocycles. The normalized spacial score (nSPS) is 12.1. The number of amides is 1. The summed E-state index contributed by atoms with van der Waals surface area (Å²) in [6.45, 7) is 1.92. The average Bonchev–Trinajstić information content (AvgIpc) is 2.88. The van der Waals surface area contributed by atoms with Crippen LogP contribution in [0.3, 0.4) is 0 Å². The van der Waals surface area contributed by atoms with Gasteiger partial charge in [-0.1, -0.05) is 6.92 Å². The Hall–Kier alpha value is -2.64. The first-order chi connectivity index (χ1) is 9.58. The van der Waals surface area contributed by atoms with Crippen LogP contribution in [0.15, 0.2) is 28.0 Å². The second-order valence-electron chi connectivity index (χ2n) is 4.29. The Kier molecular flexibility index (Phi) is 4.14. The molecule has 0 aromatic carbocycles. The monoisotopic (exact) mass is 277 g/mol. The molecule has 1 amide bonds. The molecule has 0 saturated carbocycles. The van der Waals surface area contributed by atoms with E-state index in [1.165, 1.54) is 6.07 Å². The van der Waals surface area contributed by atoms with Crippen molar-refractivity contribution >= 4 is 5.91 Å². The van der Waals surface area contributed by atoms with Crippen LogP contribution in [0.4, 0.5) is 0 Å². The van der Waals surface area contributed by atoms with E-state index in [4.69, 9.17) is 0 Å². The standard InChI is InChI=1S/C12H15N5O3/c1-2-8(11-13-3-4-14-11)16-9(18)5-7-6-10(19)17-12(20)15-7/h3-4,6,8H,2,5H2,1H3,(H,13,14)(H,16,18)(H2,15,17,19,20). The highest BCUT2D eigenvalue weighted by atomic mass is 16.2. The molecule has 4 N–H and O–H groups in total. The molecule has 0 aliphatic carbocycles. The number of hydrogen-bond donors (Lipinski definition) is 4. The van der Waals surface area contributed by atoms with Gasteiger partial charge in [0.15, 0.2) is 0 Å². The molecular weight excluding hydrogens is 262 g/mol. The molecule has 0 fully saturated rings. The smallest absolute Gasteiger partial charge is 0.325 e. The number of carbonyl (C=O) groups excluding carboxylic acids is 1. The fraction of sp³-hybridized carbons (Fsp3) is 0.333. The predicted octanol–water partition coefficient (Wildman–Crippen LogP) is -0.404. The number of rotatable bonds is 5. The van der Waals surface area contributed by atoms with E-state index in [0.717, 1.165) is 0 Å². The summed E-state index contributed by atoms with van der Waals surface area (Å²) in [4.78, 5) is 45.6. The van der Waals surface area contributed by atoms with Crippen molar-refractivity contribution in [2.24, 2.45) is 0 Å². The number of nitrogens with zero attached hydrogens (tertiary/aromatic N) is 1. The first kappa shape index (κ1) is 13.8. The van der Waals surface area contributed by atoms with Crippen molar-refractivity contribution in [3.8, 4) is 0 Å². The predicted molar refractivity (Wildman–Crippen MR) is 71.1 cm³/mol. The summed E-state index contributed by atoms with van der Waals surface area (Å²) in [5, 5.41) is 2.79. The SMILES string of the molecule is CCC(NC(=O)Cc1cc(=O)[nH]c(=O)[nH]1)c1ncc[nH]1. The number of H-pyrrole nitrogens is 3. The third-order valence-electron chi connectivity index (χ3n) is 2.76. The van der Waals surface area contributed by atoms with E-state index in [9.17, 15) is 14.4 Å². The second kappa shape index (κ2) is 6.00. The van der Waals surface area contributed by atoms with E-state index < -0.39 is 11.2 Å². The van der Waals surface area contributed by atoms with Crippen LogP contribution in [-0.2, 0) is 11.2 Å². The maximum absolute atomic E-state index is 11.9. The molecule has 0 bridgehead atoms. The van der Waals surface area contributed by atoms with Crippen LogP contribution in [0, 0.1) is 0 Å². The molecule has 8 nitrogen and oxygen atoms in total. The Morgan fingerprint density at radius 2 is 2.20 bits per heavy atom. The van der Waals surface area contributed by atoms with Gasteiger partial charge in [-0.3, -0.25) is 14.6 Å². The van der Waals surface area contributed by atoms with Gasteiger partial charge in [0.05, 0.1) is 12.5 Å². The number of hydrogen-bond acceptors (Lipinski definition) is 4. The summed E-state index contributed by atoms with van der Waals surface area (Å²) in [6, 6.07) is 0.959. The van der Waals surface area contributed by atoms with E-state index in [0.29, 0.717) is 12.2 Å². The summed E-state index contributed by atoms with van der Waals surface area (Å²) in [7, 11) is 0. The van der Waals surface area contributed by atoms with E-state index in [1.807, 2.05) is 11.9 Å². The second-order valence-corrected chi connectivity index (χ2v) is 4.29. The number of aromatic amines is 3. The maximum Gasteiger partial charge on any atom is 0.325 e. The lowest BCUT2D eigenvalue weighted by atomic mass is 10.2. The van der Waals surface area contributed by atoms with Gasteiger partial charge in [-0.15, -0.1) is 0 Å². The molecule has 1 unspecified atom stereocenters. The molecule has 8 heteroatoms. The maximum atomic E-state index is 11.9. The largest absolute Gasteiger partial charge is 0.347 e. The Morgan fingerprint density at radius 1 is 1.40 bits per heavy atom. The summed E-state index contributed by atoms with van der Waals surface area (Å²) >= 11 is 0. The van der Waals surface area contributed by atoms with Gasteiger partial charge >= 0.3 is 5.69 Å². The summed E-state index contributed by atoms with van der Waals surface area (Å²) in [5.74, 6) is 0.370. The van der Waals surface area contributed by atoms with Gasteiger partial charge in [0.1, 0.15) is 5.82 Å². The van der Waals surface area contributed by atoms with Crippen molar-refractivity contribution in [1.29, 1.82) is 0 Å². The molecule has 2 aromatic rings. The van der Waals surface area contributed by atoms with Gasteiger partial charge in [0.2, 0.25) is 5.91 Å². The third-order valence-corrected chi connectivity index (χ3v) is 2.76. The van der Waals surface area contributed by atoms with Crippen LogP contribution < -0.4 is 16.6 Å². The topological polar surface area (TPSA) is 124 Å². The van der Waals surface area contributed by atoms with Crippen LogP contribution in [0.2, 0.25) is 0 Å². The molecule has 106 valence electrons. The van der Waals surface area contributed by atoms with Crippen LogP contribution >= 0.6 is 0 Å². The number of carbonyl (C=O) groups is 1. The van der Waals surface area contributed by atoms with E-state index in [-0.39, 0.29) is 24.1 Å². The van der Waals surface area contributed by atoms with Crippen LogP contribution in [0.25, 0.3) is 0 Å². The van der Waals surface area contributed by atoms with Gasteiger partial charge in [-0.2, -0.15) is 0 Å². The van der Waals surface area contributed by atoms with Crippen LogP contribution in [-0.4, -0.2) is 25.8 Å². The Labute approximate surface area is 113 Å². The summed E-state index contributed by atoms with van der Waals surface area (Å²) < 4.78 is 0. The molecule has 20 heavy (non-hydrogen) atoms. The zero-order valence-electron chi connectivity index (χ0n) is 10.9. The molecule has 2 rings (SSSR count). The quantitative estimate of drug-likeness (QED) is 0.593. The lowest BCUT2D eigenvalue weighted by molar-refractivity contribution is -0.121.